The summed E-state index contributed by atoms with van der Waals surface area (Å²) in [5.41, 5.74) is 1.14. The summed E-state index contributed by atoms with van der Waals surface area (Å²) < 4.78 is 4.97. The van der Waals surface area contributed by atoms with Crippen LogP contribution in [0.3, 0.4) is 0 Å². The third-order valence-corrected chi connectivity index (χ3v) is 5.70. The number of carbonyl (C=O) groups is 2. The molecule has 1 N–H and O–H groups in total. The van der Waals surface area contributed by atoms with E-state index >= 15 is 0 Å². The van der Waals surface area contributed by atoms with E-state index < -0.39 is 10.8 Å². The Morgan fingerprint density at radius 3 is 2.42 bits per heavy atom. The van der Waals surface area contributed by atoms with Crippen molar-refractivity contribution in [2.45, 2.75) is 20.3 Å². The summed E-state index contributed by atoms with van der Waals surface area (Å²) >= 11 is 6.49. The lowest BCUT2D eigenvalue weighted by atomic mass is 10.1. The quantitative estimate of drug-likeness (QED) is 0.476. The van der Waals surface area contributed by atoms with Gasteiger partial charge in [-0.15, -0.1) is 0 Å². The number of ether oxygens (including phenoxy) is 1. The molecule has 0 spiro atoms. The van der Waals surface area contributed by atoms with Gasteiger partial charge in [0.2, 0.25) is 5.91 Å². The van der Waals surface area contributed by atoms with E-state index in [4.69, 9.17) is 16.3 Å². The smallest absolute Gasteiger partial charge is 0.311 e. The maximum absolute atomic E-state index is 12.6. The highest BCUT2D eigenvalue weighted by molar-refractivity contribution is 6.33. The van der Waals surface area contributed by atoms with E-state index in [0.717, 1.165) is 5.69 Å². The zero-order valence-corrected chi connectivity index (χ0v) is 19.6. The van der Waals surface area contributed by atoms with Crippen molar-refractivity contribution in [3.05, 3.63) is 57.1 Å². The van der Waals surface area contributed by atoms with Crippen molar-refractivity contribution in [2.75, 3.05) is 43.5 Å². The van der Waals surface area contributed by atoms with Gasteiger partial charge in [-0.25, -0.2) is 0 Å². The van der Waals surface area contributed by atoms with E-state index in [2.05, 4.69) is 10.2 Å². The van der Waals surface area contributed by atoms with Crippen LogP contribution in [-0.2, 0) is 4.79 Å². The van der Waals surface area contributed by atoms with Gasteiger partial charge in [-0.05, 0) is 36.2 Å². The lowest BCUT2D eigenvalue weighted by molar-refractivity contribution is -0.385. The van der Waals surface area contributed by atoms with E-state index in [-0.39, 0.29) is 22.9 Å². The van der Waals surface area contributed by atoms with Crippen molar-refractivity contribution in [1.29, 1.82) is 0 Å². The van der Waals surface area contributed by atoms with Crippen molar-refractivity contribution in [3.63, 3.8) is 0 Å². The second kappa shape index (κ2) is 10.5. The van der Waals surface area contributed by atoms with Crippen molar-refractivity contribution in [2.24, 2.45) is 5.92 Å². The Bertz CT molecular complexity index is 1050. The minimum atomic E-state index is -0.600. The van der Waals surface area contributed by atoms with Crippen LogP contribution in [0.15, 0.2) is 36.4 Å². The predicted molar refractivity (Wildman–Crippen MR) is 127 cm³/mol. The number of hydrogen-bond donors (Lipinski definition) is 1. The zero-order chi connectivity index (χ0) is 24.1. The molecule has 0 aliphatic carbocycles. The number of methoxy groups -OCH3 is 1. The number of benzene rings is 2. The van der Waals surface area contributed by atoms with Crippen LogP contribution in [0.2, 0.25) is 5.02 Å². The van der Waals surface area contributed by atoms with Crippen molar-refractivity contribution in [3.8, 4) is 5.75 Å². The second-order valence-electron chi connectivity index (χ2n) is 8.23. The van der Waals surface area contributed by atoms with Crippen LogP contribution in [0.4, 0.5) is 17.1 Å². The average Bonchev–Trinajstić information content (AvgIpc) is 2.78. The molecule has 1 saturated heterocycles. The number of amides is 2. The fourth-order valence-electron chi connectivity index (χ4n) is 3.69. The summed E-state index contributed by atoms with van der Waals surface area (Å²) in [6.07, 6.45) is 0.548. The molecule has 10 heteroatoms. The Balaban J connectivity index is 1.66. The topological polar surface area (TPSA) is 105 Å². The van der Waals surface area contributed by atoms with Crippen LogP contribution >= 0.6 is 11.6 Å². The van der Waals surface area contributed by atoms with E-state index in [1.807, 2.05) is 24.8 Å². The molecule has 0 bridgehead atoms. The molecule has 0 unspecified atom stereocenters. The van der Waals surface area contributed by atoms with Gasteiger partial charge in [0.1, 0.15) is 0 Å². The first kappa shape index (κ1) is 24.3. The lowest BCUT2D eigenvalue weighted by Crippen LogP contribution is -2.49. The molecule has 1 aliphatic heterocycles. The fourth-order valence-corrected chi connectivity index (χ4v) is 3.99. The molecule has 1 aliphatic rings. The van der Waals surface area contributed by atoms with Crippen LogP contribution in [-0.4, -0.2) is 54.9 Å². The first-order valence-corrected chi connectivity index (χ1v) is 11.0. The number of carbonyl (C=O) groups excluding carboxylic acids is 2. The highest BCUT2D eigenvalue weighted by Gasteiger charge is 2.23. The molecule has 2 aromatic carbocycles. The number of halogens is 1. The number of nitro benzene ring substituents is 1. The number of hydrogen-bond acceptors (Lipinski definition) is 6. The molecule has 2 amide bonds. The van der Waals surface area contributed by atoms with Crippen LogP contribution in [0.5, 0.6) is 5.75 Å². The van der Waals surface area contributed by atoms with Crippen LogP contribution < -0.4 is 15.0 Å². The first-order valence-electron chi connectivity index (χ1n) is 10.7. The molecule has 0 atom stereocenters. The van der Waals surface area contributed by atoms with E-state index in [1.165, 1.54) is 25.3 Å². The summed E-state index contributed by atoms with van der Waals surface area (Å²) in [5, 5.41) is 14.4. The SMILES string of the molecule is COc1ccc(C(=O)Nc2ccc(N3CCN(C(=O)CC(C)C)CC3)c(Cl)c2)cc1[N+](=O)[O-]. The van der Waals surface area contributed by atoms with Gasteiger partial charge < -0.3 is 19.9 Å². The first-order chi connectivity index (χ1) is 15.7. The summed E-state index contributed by atoms with van der Waals surface area (Å²) in [6, 6.07) is 9.20. The molecular formula is C23H27ClN4O5. The molecule has 33 heavy (non-hydrogen) atoms. The molecular weight excluding hydrogens is 448 g/mol. The van der Waals surface area contributed by atoms with Crippen molar-refractivity contribution in [1.82, 2.24) is 4.90 Å². The Kier molecular flexibility index (Phi) is 7.75. The summed E-state index contributed by atoms with van der Waals surface area (Å²) in [4.78, 5) is 39.5. The highest BCUT2D eigenvalue weighted by Crippen LogP contribution is 2.31. The maximum atomic E-state index is 12.6. The third kappa shape index (κ3) is 5.92. The number of nitro groups is 1. The molecule has 176 valence electrons. The van der Waals surface area contributed by atoms with Gasteiger partial charge in [-0.3, -0.25) is 19.7 Å². The van der Waals surface area contributed by atoms with E-state index in [9.17, 15) is 19.7 Å². The second-order valence-corrected chi connectivity index (χ2v) is 8.64. The number of nitrogens with zero attached hydrogens (tertiary/aromatic N) is 3. The van der Waals surface area contributed by atoms with Gasteiger partial charge in [0, 0.05) is 49.9 Å². The lowest BCUT2D eigenvalue weighted by Gasteiger charge is -2.36. The standard InChI is InChI=1S/C23H27ClN4O5/c1-15(2)12-22(29)27-10-8-26(9-11-27)19-6-5-17(14-18(19)24)25-23(30)16-4-7-21(33-3)20(13-16)28(31)32/h4-7,13-15H,8-12H2,1-3H3,(H,25,30). The zero-order valence-electron chi connectivity index (χ0n) is 18.8. The molecule has 1 fully saturated rings. The van der Waals surface area contributed by atoms with E-state index in [0.29, 0.717) is 49.2 Å². The normalized spacial score (nSPS) is 13.7. The Hall–Kier alpha value is -3.33. The van der Waals surface area contributed by atoms with Crippen LogP contribution in [0.25, 0.3) is 0 Å². The Morgan fingerprint density at radius 1 is 1.15 bits per heavy atom. The summed E-state index contributed by atoms with van der Waals surface area (Å²) in [6.45, 7) is 6.68. The van der Waals surface area contributed by atoms with Gasteiger partial charge in [-0.2, -0.15) is 0 Å². The largest absolute Gasteiger partial charge is 0.490 e. The molecule has 0 saturated carbocycles. The number of rotatable bonds is 7. The predicted octanol–water partition coefficient (Wildman–Crippen LogP) is 4.20. The number of anilines is 2. The molecule has 1 heterocycles. The average molecular weight is 475 g/mol. The molecule has 2 aromatic rings. The molecule has 0 aromatic heterocycles. The van der Waals surface area contributed by atoms with Gasteiger partial charge in [0.05, 0.1) is 22.7 Å². The fraction of sp³-hybridized carbons (Fsp3) is 0.391. The molecule has 0 radical (unpaired) electrons. The monoisotopic (exact) mass is 474 g/mol. The number of piperazine rings is 1. The third-order valence-electron chi connectivity index (χ3n) is 5.40. The highest BCUT2D eigenvalue weighted by atomic mass is 35.5. The minimum Gasteiger partial charge on any atom is -0.490 e. The minimum absolute atomic E-state index is 0.0787. The maximum Gasteiger partial charge on any atom is 0.311 e. The Labute approximate surface area is 197 Å². The van der Waals surface area contributed by atoms with Gasteiger partial charge >= 0.3 is 5.69 Å². The van der Waals surface area contributed by atoms with Crippen molar-refractivity contribution >= 4 is 40.5 Å². The molecule has 9 nitrogen and oxygen atoms in total. The summed E-state index contributed by atoms with van der Waals surface area (Å²) in [5.74, 6) is 0.0844. The van der Waals surface area contributed by atoms with Crippen LogP contribution in [0, 0.1) is 16.0 Å². The van der Waals surface area contributed by atoms with Crippen LogP contribution in [0.1, 0.15) is 30.6 Å². The van der Waals surface area contributed by atoms with Gasteiger partial charge in [-0.1, -0.05) is 25.4 Å². The summed E-state index contributed by atoms with van der Waals surface area (Å²) in [7, 11) is 1.33. The molecule has 3 rings (SSSR count). The number of nitrogens with one attached hydrogen (secondary N) is 1. The van der Waals surface area contributed by atoms with Gasteiger partial charge in [0.15, 0.2) is 5.75 Å². The Morgan fingerprint density at radius 2 is 1.85 bits per heavy atom. The van der Waals surface area contributed by atoms with Gasteiger partial charge in [0.25, 0.3) is 5.91 Å². The van der Waals surface area contributed by atoms with E-state index in [1.54, 1.807) is 12.1 Å². The van der Waals surface area contributed by atoms with Crippen molar-refractivity contribution < 1.29 is 19.2 Å².